The van der Waals surface area contributed by atoms with E-state index >= 15 is 0 Å². The van der Waals surface area contributed by atoms with Crippen LogP contribution < -0.4 is 21.3 Å². The molecule has 0 unspecified atom stereocenters. The molecule has 2 N–H and O–H groups in total. The van der Waals surface area contributed by atoms with Gasteiger partial charge in [0.15, 0.2) is 6.19 Å². The lowest BCUT2D eigenvalue weighted by atomic mass is 9.90. The molecule has 0 radical (unpaired) electrons. The van der Waals surface area contributed by atoms with Crippen LogP contribution in [0, 0.1) is 16.9 Å². The van der Waals surface area contributed by atoms with Gasteiger partial charge in [-0.3, -0.25) is 14.2 Å². The monoisotopic (exact) mass is 665 g/mol. The number of pyridine rings is 3. The molecule has 1 aliphatic carbocycles. The fourth-order valence-electron chi connectivity index (χ4n) is 7.09. The average molecular weight is 666 g/mol. The maximum atomic E-state index is 13.8. The molecule has 13 heteroatoms. The number of fused-ring (bicyclic) bond motifs is 3. The first-order valence-corrected chi connectivity index (χ1v) is 15.8. The summed E-state index contributed by atoms with van der Waals surface area (Å²) in [4.78, 5) is 40.1. The number of hydrogen-bond acceptors (Lipinski definition) is 9. The van der Waals surface area contributed by atoms with E-state index in [2.05, 4.69) is 47.1 Å². The third-order valence-corrected chi connectivity index (χ3v) is 9.37. The Balaban J connectivity index is 0.00000401. The standard InChI is InChI=1S/C35H37N9O3.H2S/c1-22-18-41(21-36)9-10-42(22)25-5-6-31(38-17-25)39-28-13-24(19-40(4)33(28)46)26-7-8-37-32(27(26)20-45)44-12-11-43-29(34(44)47)14-23-15-35(2,3)16-30(23)43;/h5-8,11-14,17,19,22,45H,9-10,15-16,18,20H2,1-4H3,(H,38,39);1H2/t22-;/m0./s1. The largest absolute Gasteiger partial charge is 0.392 e. The Labute approximate surface area is 285 Å². The molecule has 1 fully saturated rings. The first kappa shape index (κ1) is 32.9. The van der Waals surface area contributed by atoms with Crippen LogP contribution in [0.2, 0.25) is 0 Å². The molecule has 1 aliphatic heterocycles. The minimum absolute atomic E-state index is 0. The Hall–Kier alpha value is -5.06. The highest BCUT2D eigenvalue weighted by molar-refractivity contribution is 7.59. The maximum Gasteiger partial charge on any atom is 0.280 e. The van der Waals surface area contributed by atoms with Crippen molar-refractivity contribution < 1.29 is 5.11 Å². The third-order valence-electron chi connectivity index (χ3n) is 9.37. The first-order valence-electron chi connectivity index (χ1n) is 15.8. The summed E-state index contributed by atoms with van der Waals surface area (Å²) in [7, 11) is 1.67. The summed E-state index contributed by atoms with van der Waals surface area (Å²) < 4.78 is 4.94. The van der Waals surface area contributed by atoms with E-state index in [0.717, 1.165) is 25.1 Å². The van der Waals surface area contributed by atoms with Crippen molar-refractivity contribution in [2.75, 3.05) is 29.9 Å². The number of anilines is 3. The highest BCUT2D eigenvalue weighted by Gasteiger charge is 2.32. The van der Waals surface area contributed by atoms with Gasteiger partial charge in [-0.2, -0.15) is 18.8 Å². The molecular formula is C35H39N9O3S. The second-order valence-electron chi connectivity index (χ2n) is 13.4. The van der Waals surface area contributed by atoms with Gasteiger partial charge in [0, 0.05) is 74.3 Å². The van der Waals surface area contributed by atoms with Crippen LogP contribution in [0.5, 0.6) is 0 Å². The van der Waals surface area contributed by atoms with Crippen molar-refractivity contribution in [3.63, 3.8) is 0 Å². The van der Waals surface area contributed by atoms with Crippen molar-refractivity contribution in [3.05, 3.63) is 98.8 Å². The number of aliphatic hydroxyl groups excluding tert-OH is 1. The van der Waals surface area contributed by atoms with E-state index in [-0.39, 0.29) is 42.7 Å². The van der Waals surface area contributed by atoms with Gasteiger partial charge >= 0.3 is 0 Å². The zero-order valence-corrected chi connectivity index (χ0v) is 28.4. The molecular weight excluding hydrogens is 627 g/mol. The second kappa shape index (κ2) is 12.5. The predicted molar refractivity (Wildman–Crippen MR) is 190 cm³/mol. The zero-order valence-electron chi connectivity index (χ0n) is 27.4. The van der Waals surface area contributed by atoms with Crippen molar-refractivity contribution in [3.8, 4) is 23.1 Å². The van der Waals surface area contributed by atoms with E-state index in [1.807, 2.05) is 28.8 Å². The Morgan fingerprint density at radius 2 is 1.90 bits per heavy atom. The van der Waals surface area contributed by atoms with Crippen LogP contribution in [-0.2, 0) is 26.5 Å². The number of hydrogen-bond donors (Lipinski definition) is 2. The smallest absolute Gasteiger partial charge is 0.280 e. The van der Waals surface area contributed by atoms with Crippen molar-refractivity contribution in [1.82, 2.24) is 28.4 Å². The molecule has 0 bridgehead atoms. The van der Waals surface area contributed by atoms with Crippen LogP contribution in [0.15, 0.2) is 70.9 Å². The number of nitrogens with zero attached hydrogens (tertiary/aromatic N) is 8. The highest BCUT2D eigenvalue weighted by atomic mass is 32.1. The molecule has 0 amide bonds. The molecule has 0 aromatic carbocycles. The lowest BCUT2D eigenvalue weighted by Gasteiger charge is -2.38. The van der Waals surface area contributed by atoms with Gasteiger partial charge in [-0.15, -0.1) is 0 Å². The van der Waals surface area contributed by atoms with Crippen molar-refractivity contribution in [2.24, 2.45) is 12.5 Å². The summed E-state index contributed by atoms with van der Waals surface area (Å²) in [5, 5.41) is 23.0. The molecule has 248 valence electrons. The number of aliphatic hydroxyl groups is 1. The summed E-state index contributed by atoms with van der Waals surface area (Å²) in [6.45, 7) is 8.22. The van der Waals surface area contributed by atoms with Gasteiger partial charge < -0.3 is 29.2 Å². The van der Waals surface area contributed by atoms with Gasteiger partial charge in [-0.25, -0.2) is 9.97 Å². The molecule has 0 spiro atoms. The number of nitriles is 1. The molecule has 7 rings (SSSR count). The van der Waals surface area contributed by atoms with Crippen LogP contribution in [0.1, 0.15) is 37.6 Å². The fraction of sp³-hybridized carbons (Fsp3) is 0.343. The van der Waals surface area contributed by atoms with Gasteiger partial charge in [0.05, 0.1) is 18.5 Å². The van der Waals surface area contributed by atoms with Crippen LogP contribution in [0.25, 0.3) is 22.5 Å². The van der Waals surface area contributed by atoms with Gasteiger partial charge in [-0.05, 0) is 66.6 Å². The molecule has 5 aromatic heterocycles. The van der Waals surface area contributed by atoms with Gasteiger partial charge in [-0.1, -0.05) is 13.8 Å². The Bertz CT molecular complexity index is 2180. The fourth-order valence-corrected chi connectivity index (χ4v) is 7.09. The minimum atomic E-state index is -0.364. The lowest BCUT2D eigenvalue weighted by molar-refractivity contribution is 0.281. The number of nitrogens with one attached hydrogen (secondary N) is 1. The van der Waals surface area contributed by atoms with Crippen LogP contribution in [0.3, 0.4) is 0 Å². The molecule has 0 saturated carbocycles. The van der Waals surface area contributed by atoms with E-state index in [0.29, 0.717) is 52.6 Å². The van der Waals surface area contributed by atoms with Crippen molar-refractivity contribution in [1.29, 1.82) is 5.26 Å². The third kappa shape index (κ3) is 5.71. The summed E-state index contributed by atoms with van der Waals surface area (Å²) >= 11 is 0. The van der Waals surface area contributed by atoms with E-state index in [1.165, 1.54) is 20.4 Å². The topological polar surface area (TPSA) is 137 Å². The summed E-state index contributed by atoms with van der Waals surface area (Å²) in [5.74, 6) is 0.844. The van der Waals surface area contributed by atoms with Crippen LogP contribution in [-0.4, -0.2) is 59.2 Å². The average Bonchev–Trinajstić information content (AvgIpc) is 3.55. The molecule has 2 aliphatic rings. The van der Waals surface area contributed by atoms with E-state index in [9.17, 15) is 20.0 Å². The van der Waals surface area contributed by atoms with Crippen molar-refractivity contribution in [2.45, 2.75) is 46.3 Å². The van der Waals surface area contributed by atoms with E-state index in [1.54, 1.807) is 48.9 Å². The lowest BCUT2D eigenvalue weighted by Crippen LogP contribution is -2.50. The Morgan fingerprint density at radius 3 is 2.60 bits per heavy atom. The van der Waals surface area contributed by atoms with Gasteiger partial charge in [0.2, 0.25) is 0 Å². The second-order valence-corrected chi connectivity index (χ2v) is 13.4. The number of piperazine rings is 1. The van der Waals surface area contributed by atoms with E-state index < -0.39 is 0 Å². The van der Waals surface area contributed by atoms with Crippen molar-refractivity contribution >= 4 is 36.2 Å². The summed E-state index contributed by atoms with van der Waals surface area (Å²) in [5.41, 5.74) is 5.69. The van der Waals surface area contributed by atoms with Crippen LogP contribution >= 0.6 is 13.5 Å². The number of aromatic nitrogens is 5. The predicted octanol–water partition coefficient (Wildman–Crippen LogP) is 3.71. The Morgan fingerprint density at radius 1 is 1.08 bits per heavy atom. The molecule has 5 aromatic rings. The molecule has 6 heterocycles. The van der Waals surface area contributed by atoms with E-state index in [4.69, 9.17) is 0 Å². The Kier molecular flexibility index (Phi) is 8.57. The molecule has 12 nitrogen and oxygen atoms in total. The normalized spacial score (nSPS) is 16.8. The zero-order chi connectivity index (χ0) is 33.0. The molecule has 48 heavy (non-hydrogen) atoms. The maximum absolute atomic E-state index is 13.8. The quantitative estimate of drug-likeness (QED) is 0.260. The number of rotatable bonds is 6. The SMILES string of the molecule is C[C@H]1CN(C#N)CCN1c1ccc(Nc2cc(-c3ccnc(-n4ccn5c6c(cc5c4=O)CC(C)(C)C6)c3CO)cn(C)c2=O)nc1.S. The summed E-state index contributed by atoms with van der Waals surface area (Å²) in [6, 6.07) is 9.42. The molecule has 1 atom stereocenters. The van der Waals surface area contributed by atoms with Gasteiger partial charge in [0.1, 0.15) is 22.8 Å². The highest BCUT2D eigenvalue weighted by Crippen LogP contribution is 2.37. The van der Waals surface area contributed by atoms with Crippen LogP contribution in [0.4, 0.5) is 17.2 Å². The summed E-state index contributed by atoms with van der Waals surface area (Å²) in [6.07, 6.45) is 12.7. The number of aryl methyl sites for hydroxylation is 1. The van der Waals surface area contributed by atoms with Gasteiger partial charge in [0.25, 0.3) is 11.1 Å². The minimum Gasteiger partial charge on any atom is -0.392 e. The molecule has 1 saturated heterocycles. The first-order chi connectivity index (χ1) is 22.6.